The van der Waals surface area contributed by atoms with E-state index in [0.29, 0.717) is 11.3 Å². The molecule has 3 nitrogen and oxygen atoms in total. The summed E-state index contributed by atoms with van der Waals surface area (Å²) < 4.78 is 0. The van der Waals surface area contributed by atoms with Gasteiger partial charge in [-0.1, -0.05) is 18.2 Å². The van der Waals surface area contributed by atoms with Crippen LogP contribution in [0, 0.1) is 0 Å². The summed E-state index contributed by atoms with van der Waals surface area (Å²) in [5.41, 5.74) is 1.73. The first-order valence-corrected chi connectivity index (χ1v) is 4.74. The van der Waals surface area contributed by atoms with E-state index in [2.05, 4.69) is 4.98 Å². The molecule has 0 unspecified atom stereocenters. The Balaban J connectivity index is 2.86. The number of H-pyrrole nitrogens is 1. The number of hydrogen-bond donors (Lipinski definition) is 1. The molecular weight excluding hydrogens is 190 g/mol. The molecule has 0 radical (unpaired) electrons. The number of aromatic nitrogens is 1. The summed E-state index contributed by atoms with van der Waals surface area (Å²) in [6, 6.07) is 7.42. The Labute approximate surface area is 87.1 Å². The summed E-state index contributed by atoms with van der Waals surface area (Å²) in [6.45, 7) is 2.93. The van der Waals surface area contributed by atoms with Gasteiger partial charge in [-0.15, -0.1) is 0 Å². The van der Waals surface area contributed by atoms with E-state index in [4.69, 9.17) is 0 Å². The highest BCUT2D eigenvalue weighted by Gasteiger charge is 2.17. The molecule has 0 aliphatic rings. The predicted octanol–water partition coefficient (Wildman–Crippen LogP) is 2.57. The number of carbonyl (C=O) groups excluding carboxylic acids is 2. The van der Waals surface area contributed by atoms with Crippen molar-refractivity contribution < 1.29 is 9.59 Å². The molecule has 1 heterocycles. The second kappa shape index (κ2) is 3.35. The first-order valence-electron chi connectivity index (χ1n) is 4.74. The van der Waals surface area contributed by atoms with Gasteiger partial charge in [0, 0.05) is 17.8 Å². The highest BCUT2D eigenvalue weighted by molar-refractivity contribution is 6.15. The average Bonchev–Trinajstić information content (AvgIpc) is 2.56. The maximum atomic E-state index is 11.5. The number of para-hydroxylation sites is 1. The molecule has 0 aliphatic carbocycles. The first-order chi connectivity index (χ1) is 7.11. The van der Waals surface area contributed by atoms with E-state index >= 15 is 0 Å². The molecule has 0 amide bonds. The molecule has 0 saturated heterocycles. The SMILES string of the molecule is CC(=O)c1[nH]c2ccccc2c1C(C)=O. The van der Waals surface area contributed by atoms with E-state index in [0.717, 1.165) is 10.9 Å². The van der Waals surface area contributed by atoms with E-state index in [1.165, 1.54) is 13.8 Å². The highest BCUT2D eigenvalue weighted by Crippen LogP contribution is 2.22. The van der Waals surface area contributed by atoms with Crippen LogP contribution in [0.3, 0.4) is 0 Å². The van der Waals surface area contributed by atoms with Crippen molar-refractivity contribution in [2.24, 2.45) is 0 Å². The second-order valence-corrected chi connectivity index (χ2v) is 3.53. The highest BCUT2D eigenvalue weighted by atomic mass is 16.1. The van der Waals surface area contributed by atoms with Crippen LogP contribution >= 0.6 is 0 Å². The van der Waals surface area contributed by atoms with Crippen molar-refractivity contribution in [3.05, 3.63) is 35.5 Å². The number of ketones is 2. The number of rotatable bonds is 2. The third kappa shape index (κ3) is 1.46. The van der Waals surface area contributed by atoms with E-state index < -0.39 is 0 Å². The summed E-state index contributed by atoms with van der Waals surface area (Å²) in [6.07, 6.45) is 0. The zero-order valence-corrected chi connectivity index (χ0v) is 8.63. The molecule has 2 aromatic rings. The van der Waals surface area contributed by atoms with Crippen LogP contribution in [0.5, 0.6) is 0 Å². The maximum absolute atomic E-state index is 11.5. The molecule has 0 spiro atoms. The van der Waals surface area contributed by atoms with Crippen LogP contribution in [0.4, 0.5) is 0 Å². The van der Waals surface area contributed by atoms with Crippen LogP contribution < -0.4 is 0 Å². The zero-order valence-electron chi connectivity index (χ0n) is 8.63. The van der Waals surface area contributed by atoms with E-state index in [1.807, 2.05) is 24.3 Å². The summed E-state index contributed by atoms with van der Waals surface area (Å²) in [7, 11) is 0. The van der Waals surface area contributed by atoms with Gasteiger partial charge >= 0.3 is 0 Å². The van der Waals surface area contributed by atoms with Gasteiger partial charge < -0.3 is 4.98 Å². The van der Waals surface area contributed by atoms with Crippen molar-refractivity contribution in [3.8, 4) is 0 Å². The summed E-state index contributed by atoms with van der Waals surface area (Å²) in [4.78, 5) is 25.8. The van der Waals surface area contributed by atoms with Gasteiger partial charge in [0.15, 0.2) is 11.6 Å². The van der Waals surface area contributed by atoms with Crippen LogP contribution in [-0.2, 0) is 0 Å². The topological polar surface area (TPSA) is 49.9 Å². The monoisotopic (exact) mass is 201 g/mol. The van der Waals surface area contributed by atoms with Crippen molar-refractivity contribution in [3.63, 3.8) is 0 Å². The summed E-state index contributed by atoms with van der Waals surface area (Å²) in [5.74, 6) is -0.200. The lowest BCUT2D eigenvalue weighted by molar-refractivity contribution is 0.0979. The number of hydrogen-bond acceptors (Lipinski definition) is 2. The van der Waals surface area contributed by atoms with Crippen LogP contribution in [0.1, 0.15) is 34.7 Å². The molecule has 0 fully saturated rings. The number of nitrogens with one attached hydrogen (secondary N) is 1. The van der Waals surface area contributed by atoms with Crippen molar-refractivity contribution in [2.45, 2.75) is 13.8 Å². The Morgan fingerprint density at radius 1 is 1.07 bits per heavy atom. The minimum absolute atomic E-state index is 0.0855. The largest absolute Gasteiger partial charge is 0.352 e. The number of benzene rings is 1. The normalized spacial score (nSPS) is 10.5. The zero-order chi connectivity index (χ0) is 11.0. The van der Waals surface area contributed by atoms with E-state index in [-0.39, 0.29) is 11.6 Å². The molecule has 0 saturated carbocycles. The second-order valence-electron chi connectivity index (χ2n) is 3.53. The minimum Gasteiger partial charge on any atom is -0.352 e. The van der Waals surface area contributed by atoms with Gasteiger partial charge in [0.1, 0.15) is 0 Å². The van der Waals surface area contributed by atoms with Crippen molar-refractivity contribution in [1.82, 2.24) is 4.98 Å². The van der Waals surface area contributed by atoms with Gasteiger partial charge in [-0.05, 0) is 13.0 Å². The standard InChI is InChI=1S/C12H11NO2/c1-7(14)11-9-5-3-4-6-10(9)13-12(11)8(2)15/h3-6,13H,1-2H3. The molecule has 2 rings (SSSR count). The Hall–Kier alpha value is -1.90. The first kappa shape index (κ1) is 9.65. The molecule has 1 aromatic carbocycles. The fourth-order valence-electron chi connectivity index (χ4n) is 1.77. The van der Waals surface area contributed by atoms with Gasteiger partial charge in [-0.3, -0.25) is 9.59 Å². The Bertz CT molecular complexity index is 552. The maximum Gasteiger partial charge on any atom is 0.176 e. The van der Waals surface area contributed by atoms with Crippen LogP contribution in [0.2, 0.25) is 0 Å². The number of fused-ring (bicyclic) bond motifs is 1. The molecule has 15 heavy (non-hydrogen) atoms. The van der Waals surface area contributed by atoms with Crippen LogP contribution in [0.15, 0.2) is 24.3 Å². The Morgan fingerprint density at radius 3 is 2.33 bits per heavy atom. The average molecular weight is 201 g/mol. The Kier molecular flexibility index (Phi) is 2.15. The predicted molar refractivity (Wildman–Crippen MR) is 58.3 cm³/mol. The molecule has 76 valence electrons. The van der Waals surface area contributed by atoms with Gasteiger partial charge in [0.25, 0.3) is 0 Å². The van der Waals surface area contributed by atoms with Crippen molar-refractivity contribution >= 4 is 22.5 Å². The summed E-state index contributed by atoms with van der Waals surface area (Å²) >= 11 is 0. The molecule has 1 N–H and O–H groups in total. The van der Waals surface area contributed by atoms with Gasteiger partial charge in [0.05, 0.1) is 11.3 Å². The Morgan fingerprint density at radius 2 is 1.73 bits per heavy atom. The van der Waals surface area contributed by atoms with Crippen molar-refractivity contribution in [2.75, 3.05) is 0 Å². The van der Waals surface area contributed by atoms with E-state index in [1.54, 1.807) is 0 Å². The minimum atomic E-state index is -0.114. The molecular formula is C12H11NO2. The summed E-state index contributed by atoms with van der Waals surface area (Å²) in [5, 5.41) is 0.815. The fraction of sp³-hybridized carbons (Fsp3) is 0.167. The lowest BCUT2D eigenvalue weighted by Crippen LogP contribution is -2.01. The number of aromatic amines is 1. The lowest BCUT2D eigenvalue weighted by atomic mass is 10.1. The molecule has 3 heteroatoms. The molecule has 0 bridgehead atoms. The van der Waals surface area contributed by atoms with Gasteiger partial charge in [-0.25, -0.2) is 0 Å². The van der Waals surface area contributed by atoms with Gasteiger partial charge in [-0.2, -0.15) is 0 Å². The van der Waals surface area contributed by atoms with E-state index in [9.17, 15) is 9.59 Å². The number of carbonyl (C=O) groups is 2. The fourth-order valence-corrected chi connectivity index (χ4v) is 1.77. The van der Waals surface area contributed by atoms with Crippen LogP contribution in [0.25, 0.3) is 10.9 Å². The van der Waals surface area contributed by atoms with Crippen LogP contribution in [-0.4, -0.2) is 16.6 Å². The molecule has 1 aromatic heterocycles. The quantitative estimate of drug-likeness (QED) is 0.759. The molecule has 0 aliphatic heterocycles. The van der Waals surface area contributed by atoms with Gasteiger partial charge in [0.2, 0.25) is 0 Å². The number of Topliss-reactive ketones (excluding diaryl/α,β-unsaturated/α-hetero) is 2. The van der Waals surface area contributed by atoms with Crippen molar-refractivity contribution in [1.29, 1.82) is 0 Å². The third-order valence-electron chi connectivity index (χ3n) is 2.41. The smallest absolute Gasteiger partial charge is 0.176 e. The lowest BCUT2D eigenvalue weighted by Gasteiger charge is -1.95. The molecule has 0 atom stereocenters. The third-order valence-corrected chi connectivity index (χ3v) is 2.41.